The topological polar surface area (TPSA) is 109 Å². The number of halogens is 2. The van der Waals surface area contributed by atoms with Crippen LogP contribution in [-0.4, -0.2) is 34.3 Å². The third-order valence-corrected chi connectivity index (χ3v) is 4.76. The van der Waals surface area contributed by atoms with Gasteiger partial charge in [0, 0.05) is 16.3 Å². The molecular weight excluding hydrogens is 443 g/mol. The molecule has 4 amide bonds. The van der Waals surface area contributed by atoms with Crippen LogP contribution in [0.4, 0.5) is 10.5 Å². The van der Waals surface area contributed by atoms with Gasteiger partial charge in [0.1, 0.15) is 12.3 Å². The quantitative estimate of drug-likeness (QED) is 0.445. The van der Waals surface area contributed by atoms with Crippen molar-refractivity contribution in [1.82, 2.24) is 15.3 Å². The number of nitrogens with zero attached hydrogens (tertiary/aromatic N) is 2. The maximum absolute atomic E-state index is 12.6. The number of urea groups is 1. The highest BCUT2D eigenvalue weighted by molar-refractivity contribution is 6.30. The molecule has 1 aliphatic rings. The van der Waals surface area contributed by atoms with Crippen LogP contribution in [0.2, 0.25) is 5.02 Å². The Morgan fingerprint density at radius 2 is 1.87 bits per heavy atom. The number of imide groups is 1. The molecule has 160 valence electrons. The van der Waals surface area contributed by atoms with E-state index in [1.54, 1.807) is 54.6 Å². The first kappa shape index (κ1) is 22.2. The number of anilines is 1. The monoisotopic (exact) mass is 460 g/mol. The molecule has 0 aliphatic carbocycles. The van der Waals surface area contributed by atoms with Gasteiger partial charge < -0.3 is 10.2 Å². The molecule has 2 aromatic carbocycles. The number of hydrogen-bond donors (Lipinski definition) is 2. The largest absolute Gasteiger partial charge is 0.451 e. The van der Waals surface area contributed by atoms with Crippen LogP contribution in [0.5, 0.6) is 0 Å². The summed E-state index contributed by atoms with van der Waals surface area (Å²) in [7, 11) is 0. The third kappa shape index (κ3) is 4.82. The lowest BCUT2D eigenvalue weighted by Gasteiger charge is -2.17. The fourth-order valence-electron chi connectivity index (χ4n) is 3.09. The second-order valence-corrected chi connectivity index (χ2v) is 7.15. The van der Waals surface area contributed by atoms with E-state index in [0.29, 0.717) is 27.6 Å². The zero-order valence-corrected chi connectivity index (χ0v) is 17.7. The molecule has 0 unspecified atom stereocenters. The van der Waals surface area contributed by atoms with Gasteiger partial charge >= 0.3 is 11.9 Å². The predicted octanol–water partition coefficient (Wildman–Crippen LogP) is 3.71. The van der Waals surface area contributed by atoms with Crippen molar-refractivity contribution >= 4 is 47.5 Å². The van der Waals surface area contributed by atoms with E-state index in [4.69, 9.17) is 21.8 Å². The van der Waals surface area contributed by atoms with Crippen LogP contribution < -0.4 is 11.2 Å². The van der Waals surface area contributed by atoms with Crippen LogP contribution in [0.3, 0.4) is 0 Å². The number of nitrogens with two attached hydrogens (primary N) is 1. The minimum absolute atomic E-state index is 0. The zero-order valence-electron chi connectivity index (χ0n) is 16.1. The summed E-state index contributed by atoms with van der Waals surface area (Å²) in [6.45, 7) is -0.205. The molecule has 0 bridgehead atoms. The summed E-state index contributed by atoms with van der Waals surface area (Å²) >= 11 is 5.98. The summed E-state index contributed by atoms with van der Waals surface area (Å²) in [5, 5.41) is 1.50. The Kier molecular flexibility index (Phi) is 6.53. The van der Waals surface area contributed by atoms with Crippen molar-refractivity contribution < 1.29 is 18.8 Å². The molecule has 1 saturated heterocycles. The summed E-state index contributed by atoms with van der Waals surface area (Å²) in [4.78, 5) is 38.4. The van der Waals surface area contributed by atoms with Gasteiger partial charge in [-0.15, -0.1) is 12.4 Å². The van der Waals surface area contributed by atoms with Crippen molar-refractivity contribution in [2.75, 3.05) is 12.3 Å². The van der Waals surface area contributed by atoms with Crippen molar-refractivity contribution in [2.45, 2.75) is 6.54 Å². The van der Waals surface area contributed by atoms with E-state index in [0.717, 1.165) is 9.91 Å². The first-order chi connectivity index (χ1) is 14.4. The number of benzene rings is 2. The lowest BCUT2D eigenvalue weighted by Crippen LogP contribution is -2.44. The molecule has 10 heteroatoms. The molecule has 1 aliphatic heterocycles. The minimum Gasteiger partial charge on any atom is -0.451 e. The summed E-state index contributed by atoms with van der Waals surface area (Å²) in [6.07, 6.45) is 0. The van der Waals surface area contributed by atoms with E-state index in [2.05, 4.69) is 5.43 Å². The van der Waals surface area contributed by atoms with Crippen LogP contribution in [0.15, 0.2) is 65.1 Å². The van der Waals surface area contributed by atoms with Gasteiger partial charge in [-0.3, -0.25) is 19.9 Å². The number of rotatable bonds is 5. The average molecular weight is 461 g/mol. The molecule has 1 fully saturated rings. The second-order valence-electron chi connectivity index (χ2n) is 6.71. The molecule has 0 saturated carbocycles. The van der Waals surface area contributed by atoms with E-state index >= 15 is 0 Å². The molecule has 3 aromatic rings. The van der Waals surface area contributed by atoms with Crippen LogP contribution in [0.1, 0.15) is 16.1 Å². The molecular formula is C21H18Cl2N4O4. The molecule has 8 nitrogen and oxygen atoms in total. The van der Waals surface area contributed by atoms with Gasteiger partial charge in [-0.1, -0.05) is 35.9 Å². The molecule has 3 N–H and O–H groups in total. The molecule has 31 heavy (non-hydrogen) atoms. The van der Waals surface area contributed by atoms with Gasteiger partial charge in [-0.05, 0) is 42.0 Å². The van der Waals surface area contributed by atoms with E-state index in [1.165, 1.54) is 6.07 Å². The Morgan fingerprint density at radius 1 is 1.10 bits per heavy atom. The molecule has 0 radical (unpaired) electrons. The fraction of sp³-hybridized carbons (Fsp3) is 0.0952. The van der Waals surface area contributed by atoms with Crippen LogP contribution in [0.25, 0.3) is 11.3 Å². The zero-order chi connectivity index (χ0) is 21.3. The number of hydrogen-bond acceptors (Lipinski definition) is 5. The third-order valence-electron chi connectivity index (χ3n) is 4.52. The normalized spacial score (nSPS) is 13.3. The number of carbonyl (C=O) groups excluding carboxylic acids is 3. The van der Waals surface area contributed by atoms with E-state index in [1.807, 2.05) is 0 Å². The van der Waals surface area contributed by atoms with Crippen molar-refractivity contribution in [3.8, 4) is 11.3 Å². The van der Waals surface area contributed by atoms with Crippen LogP contribution in [-0.2, 0) is 11.3 Å². The smallest absolute Gasteiger partial charge is 0.346 e. The Morgan fingerprint density at radius 3 is 2.61 bits per heavy atom. The SMILES string of the molecule is Cl.Nc1cccc(CN2C(=O)CN(NC(=O)c3ccc(-c4cccc(Cl)c4)o3)C2=O)c1. The second kappa shape index (κ2) is 9.11. The highest BCUT2D eigenvalue weighted by atomic mass is 35.5. The first-order valence-electron chi connectivity index (χ1n) is 9.04. The van der Waals surface area contributed by atoms with E-state index in [9.17, 15) is 14.4 Å². The Bertz CT molecular complexity index is 1150. The number of carbonyl (C=O) groups is 3. The van der Waals surface area contributed by atoms with Gasteiger partial charge in [-0.25, -0.2) is 9.80 Å². The standard InChI is InChI=1S/C21H17ClN4O4.ClH/c22-15-5-2-4-14(10-15)17-7-8-18(30-17)20(28)24-26-12-19(27)25(21(26)29)11-13-3-1-6-16(23)9-13;/h1-10H,11-12,23H2,(H,24,28);1H. The summed E-state index contributed by atoms with van der Waals surface area (Å²) in [5.74, 6) is -0.619. The van der Waals surface area contributed by atoms with Crippen molar-refractivity contribution in [3.63, 3.8) is 0 Å². The Balaban J connectivity index is 0.00000272. The molecule has 4 rings (SSSR count). The lowest BCUT2D eigenvalue weighted by atomic mass is 10.2. The maximum atomic E-state index is 12.6. The van der Waals surface area contributed by atoms with Crippen molar-refractivity contribution in [2.24, 2.45) is 0 Å². The van der Waals surface area contributed by atoms with Crippen molar-refractivity contribution in [1.29, 1.82) is 0 Å². The van der Waals surface area contributed by atoms with Gasteiger partial charge in [0.05, 0.1) is 6.54 Å². The average Bonchev–Trinajstić information content (AvgIpc) is 3.30. The highest BCUT2D eigenvalue weighted by Crippen LogP contribution is 2.25. The van der Waals surface area contributed by atoms with Crippen LogP contribution >= 0.6 is 24.0 Å². The molecule has 0 spiro atoms. The minimum atomic E-state index is -0.643. The fourth-order valence-corrected chi connectivity index (χ4v) is 3.28. The van der Waals surface area contributed by atoms with E-state index < -0.39 is 17.8 Å². The highest BCUT2D eigenvalue weighted by Gasteiger charge is 2.37. The lowest BCUT2D eigenvalue weighted by molar-refractivity contribution is -0.125. The van der Waals surface area contributed by atoms with Crippen molar-refractivity contribution in [3.05, 3.63) is 77.0 Å². The Labute approximate surface area is 188 Å². The molecule has 2 heterocycles. The van der Waals surface area contributed by atoms with Gasteiger partial charge in [0.25, 0.3) is 5.91 Å². The molecule has 0 atom stereocenters. The van der Waals surface area contributed by atoms with Crippen LogP contribution in [0, 0.1) is 0 Å². The first-order valence-corrected chi connectivity index (χ1v) is 9.41. The number of nitrogens with one attached hydrogen (secondary N) is 1. The van der Waals surface area contributed by atoms with E-state index in [-0.39, 0.29) is 31.3 Å². The van der Waals surface area contributed by atoms with Gasteiger partial charge in [-0.2, -0.15) is 0 Å². The number of amides is 4. The summed E-state index contributed by atoms with van der Waals surface area (Å²) in [6, 6.07) is 16.4. The molecule has 1 aromatic heterocycles. The number of nitrogen functional groups attached to an aromatic ring is 1. The Hall–Kier alpha value is -3.49. The van der Waals surface area contributed by atoms with Gasteiger partial charge in [0.2, 0.25) is 0 Å². The van der Waals surface area contributed by atoms with Gasteiger partial charge in [0.15, 0.2) is 5.76 Å². The maximum Gasteiger partial charge on any atom is 0.346 e. The summed E-state index contributed by atoms with van der Waals surface area (Å²) < 4.78 is 5.57. The predicted molar refractivity (Wildman–Crippen MR) is 117 cm³/mol. The number of furan rings is 1. The number of hydrazine groups is 1. The summed E-state index contributed by atoms with van der Waals surface area (Å²) in [5.41, 5.74) is 10.1.